The minimum Gasteiger partial charge on any atom is -0.373 e. The summed E-state index contributed by atoms with van der Waals surface area (Å²) in [6.45, 7) is 0. The zero-order valence-corrected chi connectivity index (χ0v) is 14.7. The van der Waals surface area contributed by atoms with E-state index in [1.807, 2.05) is 66.2 Å². The smallest absolute Gasteiger partial charge is 0.150 e. The Kier molecular flexibility index (Phi) is 4.38. The quantitative estimate of drug-likeness (QED) is 0.452. The molecule has 4 aromatic rings. The molecular weight excluding hydrogens is 336 g/mol. The van der Waals surface area contributed by atoms with Crippen LogP contribution >= 0.6 is 0 Å². The Morgan fingerprint density at radius 3 is 2.59 bits per heavy atom. The third-order valence-corrected chi connectivity index (χ3v) is 4.24. The Bertz CT molecular complexity index is 1180. The van der Waals surface area contributed by atoms with Crippen molar-refractivity contribution in [1.29, 1.82) is 0 Å². The van der Waals surface area contributed by atoms with Crippen LogP contribution in [0.5, 0.6) is 0 Å². The topological polar surface area (TPSA) is 59.3 Å². The van der Waals surface area contributed by atoms with Crippen molar-refractivity contribution in [1.82, 2.24) is 14.4 Å². The summed E-state index contributed by atoms with van der Waals surface area (Å²) in [6.07, 6.45) is 6.34. The summed E-state index contributed by atoms with van der Waals surface area (Å²) < 4.78 is 1.97. The second kappa shape index (κ2) is 7.14. The second-order valence-corrected chi connectivity index (χ2v) is 5.96. The third-order valence-electron chi connectivity index (χ3n) is 4.24. The number of pyridine rings is 2. The Hall–Kier alpha value is -3.91. The number of rotatable bonds is 3. The second-order valence-electron chi connectivity index (χ2n) is 5.96. The predicted molar refractivity (Wildman–Crippen MR) is 106 cm³/mol. The lowest BCUT2D eigenvalue weighted by Crippen LogP contribution is -1.92. The van der Waals surface area contributed by atoms with Gasteiger partial charge in [-0.05, 0) is 41.3 Å². The summed E-state index contributed by atoms with van der Waals surface area (Å²) in [5.74, 6) is 7.12. The number of fused-ring (bicyclic) bond motifs is 1. The standard InChI is InChI=1S/C22H16N4O/c1-23-21-12-16(10-11-24-21)4-8-20-13-25-22-9-7-19(14-26(20)22)18-5-2-17(15-27)3-6-18/h2-3,5-7,9-15H,1H3,(H,23,24). The number of nitrogens with one attached hydrogen (secondary N) is 1. The highest BCUT2D eigenvalue weighted by Gasteiger charge is 2.04. The van der Waals surface area contributed by atoms with Crippen molar-refractivity contribution in [2.24, 2.45) is 0 Å². The molecule has 27 heavy (non-hydrogen) atoms. The molecule has 130 valence electrons. The van der Waals surface area contributed by atoms with E-state index in [1.54, 1.807) is 12.4 Å². The number of nitrogens with zero attached hydrogens (tertiary/aromatic N) is 3. The summed E-state index contributed by atoms with van der Waals surface area (Å²) in [6, 6.07) is 15.2. The molecule has 1 aromatic carbocycles. The van der Waals surface area contributed by atoms with Gasteiger partial charge in [0, 0.05) is 30.6 Å². The lowest BCUT2D eigenvalue weighted by molar-refractivity contribution is 0.112. The normalized spacial score (nSPS) is 10.3. The summed E-state index contributed by atoms with van der Waals surface area (Å²) in [4.78, 5) is 19.4. The number of hydrogen-bond acceptors (Lipinski definition) is 4. The zero-order valence-electron chi connectivity index (χ0n) is 14.7. The van der Waals surface area contributed by atoms with Crippen LogP contribution in [0.1, 0.15) is 21.6 Å². The number of aromatic nitrogens is 3. The van der Waals surface area contributed by atoms with Crippen LogP contribution in [0.25, 0.3) is 16.8 Å². The van der Waals surface area contributed by atoms with E-state index in [0.29, 0.717) is 5.56 Å². The van der Waals surface area contributed by atoms with Crippen molar-refractivity contribution < 1.29 is 4.79 Å². The maximum atomic E-state index is 10.8. The van der Waals surface area contributed by atoms with Gasteiger partial charge in [0.05, 0.1) is 6.20 Å². The summed E-state index contributed by atoms with van der Waals surface area (Å²) in [5, 5.41) is 3.01. The van der Waals surface area contributed by atoms with E-state index in [2.05, 4.69) is 27.1 Å². The molecule has 4 rings (SSSR count). The predicted octanol–water partition coefficient (Wildman–Crippen LogP) is 3.65. The van der Waals surface area contributed by atoms with Gasteiger partial charge in [-0.25, -0.2) is 9.97 Å². The van der Waals surface area contributed by atoms with Crippen molar-refractivity contribution in [2.75, 3.05) is 12.4 Å². The van der Waals surface area contributed by atoms with Gasteiger partial charge in [0.15, 0.2) is 0 Å². The molecule has 0 saturated heterocycles. The molecular formula is C22H16N4O. The van der Waals surface area contributed by atoms with Crippen molar-refractivity contribution in [3.8, 4) is 23.0 Å². The fourth-order valence-electron chi connectivity index (χ4n) is 2.78. The number of hydrogen-bond donors (Lipinski definition) is 1. The average molecular weight is 352 g/mol. The summed E-state index contributed by atoms with van der Waals surface area (Å²) >= 11 is 0. The summed E-state index contributed by atoms with van der Waals surface area (Å²) in [5.41, 5.74) is 5.24. The molecule has 1 N–H and O–H groups in total. The van der Waals surface area contributed by atoms with E-state index in [-0.39, 0.29) is 0 Å². The molecule has 5 nitrogen and oxygen atoms in total. The number of carbonyl (C=O) groups is 1. The SMILES string of the molecule is CNc1cc(C#Cc2cnc3ccc(-c4ccc(C=O)cc4)cn23)ccn1. The number of anilines is 1. The molecule has 0 bridgehead atoms. The highest BCUT2D eigenvalue weighted by atomic mass is 16.1. The molecule has 0 unspecified atom stereocenters. The van der Waals surface area contributed by atoms with E-state index in [9.17, 15) is 4.79 Å². The first-order chi connectivity index (χ1) is 13.3. The van der Waals surface area contributed by atoms with Gasteiger partial charge in [0.1, 0.15) is 23.4 Å². The molecule has 0 saturated carbocycles. The number of carbonyl (C=O) groups excluding carboxylic acids is 1. The van der Waals surface area contributed by atoms with Crippen LogP contribution in [0.4, 0.5) is 5.82 Å². The Labute approximate surface area is 156 Å². The molecule has 0 aliphatic heterocycles. The molecule has 0 fully saturated rings. The lowest BCUT2D eigenvalue weighted by Gasteiger charge is -2.04. The Morgan fingerprint density at radius 1 is 1.00 bits per heavy atom. The van der Waals surface area contributed by atoms with Gasteiger partial charge < -0.3 is 5.32 Å². The summed E-state index contributed by atoms with van der Waals surface area (Å²) in [7, 11) is 1.83. The first-order valence-electron chi connectivity index (χ1n) is 8.45. The Balaban J connectivity index is 1.72. The van der Waals surface area contributed by atoms with Crippen LogP contribution in [0, 0.1) is 11.8 Å². The molecule has 3 heterocycles. The molecule has 0 atom stereocenters. The van der Waals surface area contributed by atoms with Crippen LogP contribution in [0.15, 0.2) is 67.1 Å². The van der Waals surface area contributed by atoms with Crippen molar-refractivity contribution in [2.45, 2.75) is 0 Å². The minimum atomic E-state index is 0.660. The average Bonchev–Trinajstić information content (AvgIpc) is 3.14. The van der Waals surface area contributed by atoms with E-state index in [0.717, 1.165) is 40.1 Å². The molecule has 0 aliphatic carbocycles. The van der Waals surface area contributed by atoms with E-state index >= 15 is 0 Å². The van der Waals surface area contributed by atoms with Crippen LogP contribution in [0.3, 0.4) is 0 Å². The molecule has 3 aromatic heterocycles. The van der Waals surface area contributed by atoms with Gasteiger partial charge in [0.25, 0.3) is 0 Å². The minimum absolute atomic E-state index is 0.660. The number of benzene rings is 1. The van der Waals surface area contributed by atoms with Gasteiger partial charge in [0.2, 0.25) is 0 Å². The molecule has 0 radical (unpaired) electrons. The van der Waals surface area contributed by atoms with E-state index < -0.39 is 0 Å². The van der Waals surface area contributed by atoms with Crippen LogP contribution in [-0.2, 0) is 0 Å². The highest BCUT2D eigenvalue weighted by Crippen LogP contribution is 2.21. The van der Waals surface area contributed by atoms with Crippen molar-refractivity contribution in [3.05, 3.63) is 83.9 Å². The fraction of sp³-hybridized carbons (Fsp3) is 0.0455. The zero-order chi connectivity index (χ0) is 18.6. The first kappa shape index (κ1) is 16.6. The monoisotopic (exact) mass is 352 g/mol. The maximum absolute atomic E-state index is 10.8. The maximum Gasteiger partial charge on any atom is 0.150 e. The van der Waals surface area contributed by atoms with Gasteiger partial charge in [-0.3, -0.25) is 9.20 Å². The van der Waals surface area contributed by atoms with Crippen LogP contribution < -0.4 is 5.32 Å². The van der Waals surface area contributed by atoms with E-state index in [4.69, 9.17) is 0 Å². The van der Waals surface area contributed by atoms with Gasteiger partial charge in [-0.15, -0.1) is 0 Å². The van der Waals surface area contributed by atoms with Gasteiger partial charge in [-0.1, -0.05) is 30.2 Å². The molecule has 0 spiro atoms. The molecule has 5 heteroatoms. The fourth-order valence-corrected chi connectivity index (χ4v) is 2.78. The van der Waals surface area contributed by atoms with Gasteiger partial charge >= 0.3 is 0 Å². The van der Waals surface area contributed by atoms with Crippen LogP contribution in [-0.4, -0.2) is 27.7 Å². The highest BCUT2D eigenvalue weighted by molar-refractivity contribution is 5.77. The van der Waals surface area contributed by atoms with Gasteiger partial charge in [-0.2, -0.15) is 0 Å². The van der Waals surface area contributed by atoms with Crippen molar-refractivity contribution in [3.63, 3.8) is 0 Å². The van der Waals surface area contributed by atoms with Crippen LogP contribution in [0.2, 0.25) is 0 Å². The number of aldehydes is 1. The first-order valence-corrected chi connectivity index (χ1v) is 8.45. The van der Waals surface area contributed by atoms with Crippen molar-refractivity contribution >= 4 is 17.8 Å². The third kappa shape index (κ3) is 3.42. The molecule has 0 amide bonds. The Morgan fingerprint density at radius 2 is 1.81 bits per heavy atom. The molecule has 0 aliphatic rings. The largest absolute Gasteiger partial charge is 0.373 e. The van der Waals surface area contributed by atoms with E-state index in [1.165, 1.54) is 0 Å². The number of imidazole rings is 1. The lowest BCUT2D eigenvalue weighted by atomic mass is 10.1.